The predicted octanol–water partition coefficient (Wildman–Crippen LogP) is 1.12. The molecule has 2 unspecified atom stereocenters. The molecule has 0 aromatic carbocycles. The lowest BCUT2D eigenvalue weighted by molar-refractivity contribution is -0.307. The highest BCUT2D eigenvalue weighted by molar-refractivity contribution is 6.24. The number of rotatable bonds is 9. The summed E-state index contributed by atoms with van der Waals surface area (Å²) >= 11 is 0. The van der Waals surface area contributed by atoms with Crippen LogP contribution in [0.15, 0.2) is 47.3 Å². The number of esters is 1. The molecule has 1 saturated heterocycles. The maximum Gasteiger partial charge on any atom is 0.342 e. The number of Topliss-reactive ketones (excluding diaryl/α,β-unsaturated/α-hetero) is 1. The molecule has 0 amide bonds. The highest BCUT2D eigenvalue weighted by Gasteiger charge is 2.38. The number of carboxylic acids is 1. The summed E-state index contributed by atoms with van der Waals surface area (Å²) in [5, 5.41) is 22.8. The Morgan fingerprint density at radius 2 is 1.92 bits per heavy atom. The highest BCUT2D eigenvalue weighted by Crippen LogP contribution is 2.23. The normalized spacial score (nSPS) is 21.5. The number of carbonyl (C=O) groups is 3. The van der Waals surface area contributed by atoms with Crippen LogP contribution in [0.1, 0.15) is 46.5 Å². The molecule has 2 atom stereocenters. The number of ketones is 1. The molecular formula is C20H24O6-2. The minimum Gasteiger partial charge on any atom is -0.872 e. The minimum atomic E-state index is -1.52. The molecule has 0 saturated carbocycles. The Kier molecular flexibility index (Phi) is 8.55. The Hall–Kier alpha value is -2.63. The molecule has 26 heavy (non-hydrogen) atoms. The van der Waals surface area contributed by atoms with Gasteiger partial charge in [-0.05, 0) is 25.7 Å². The summed E-state index contributed by atoms with van der Waals surface area (Å²) in [5.41, 5.74) is -0.361. The van der Waals surface area contributed by atoms with E-state index < -0.39 is 41.6 Å². The van der Waals surface area contributed by atoms with Gasteiger partial charge in [-0.25, -0.2) is 4.79 Å². The van der Waals surface area contributed by atoms with E-state index in [9.17, 15) is 24.6 Å². The second kappa shape index (κ2) is 10.4. The molecule has 6 heteroatoms. The van der Waals surface area contributed by atoms with Crippen LogP contribution < -0.4 is 10.2 Å². The number of carbonyl (C=O) groups excluding carboxylic acids is 3. The zero-order valence-electron chi connectivity index (χ0n) is 15.3. The van der Waals surface area contributed by atoms with E-state index in [0.29, 0.717) is 18.8 Å². The van der Waals surface area contributed by atoms with Gasteiger partial charge in [0.1, 0.15) is 0 Å². The SMILES string of the molecule is CCC(C)/C=C/C=C/CC/C=C(\C)C([O-])=C1C(=O)OC(CC(=O)[O-])C1=O. The fourth-order valence-corrected chi connectivity index (χ4v) is 2.24. The van der Waals surface area contributed by atoms with Crippen molar-refractivity contribution < 1.29 is 29.3 Å². The second-order valence-corrected chi connectivity index (χ2v) is 6.20. The number of aliphatic carboxylic acids is 1. The van der Waals surface area contributed by atoms with Gasteiger partial charge in [0.25, 0.3) is 0 Å². The molecule has 0 aromatic heterocycles. The van der Waals surface area contributed by atoms with Gasteiger partial charge in [0.2, 0.25) is 5.78 Å². The third kappa shape index (κ3) is 6.35. The maximum atomic E-state index is 12.3. The highest BCUT2D eigenvalue weighted by atomic mass is 16.6. The van der Waals surface area contributed by atoms with E-state index in [4.69, 9.17) is 0 Å². The van der Waals surface area contributed by atoms with E-state index in [2.05, 4.69) is 24.7 Å². The minimum absolute atomic E-state index is 0.253. The lowest BCUT2D eigenvalue weighted by Crippen LogP contribution is -2.30. The molecule has 0 spiro atoms. The summed E-state index contributed by atoms with van der Waals surface area (Å²) in [5.74, 6) is -3.69. The van der Waals surface area contributed by atoms with Crippen LogP contribution >= 0.6 is 0 Å². The van der Waals surface area contributed by atoms with Crippen molar-refractivity contribution in [1.82, 2.24) is 0 Å². The van der Waals surface area contributed by atoms with Crippen LogP contribution in [0, 0.1) is 5.92 Å². The molecule has 1 heterocycles. The number of cyclic esters (lactones) is 1. The predicted molar refractivity (Wildman–Crippen MR) is 92.3 cm³/mol. The number of hydrogen-bond acceptors (Lipinski definition) is 6. The molecular weight excluding hydrogens is 336 g/mol. The van der Waals surface area contributed by atoms with Gasteiger partial charge in [-0.1, -0.05) is 62.0 Å². The fourth-order valence-electron chi connectivity index (χ4n) is 2.24. The van der Waals surface area contributed by atoms with Gasteiger partial charge in [-0.2, -0.15) is 0 Å². The molecule has 0 aliphatic carbocycles. The van der Waals surface area contributed by atoms with Gasteiger partial charge in [0.05, 0.1) is 5.57 Å². The monoisotopic (exact) mass is 360 g/mol. The van der Waals surface area contributed by atoms with E-state index in [1.807, 2.05) is 18.2 Å². The van der Waals surface area contributed by atoms with Crippen LogP contribution in [0.25, 0.3) is 0 Å². The average Bonchev–Trinajstić information content (AvgIpc) is 2.85. The van der Waals surface area contributed by atoms with Crippen molar-refractivity contribution in [2.45, 2.75) is 52.6 Å². The molecule has 0 aromatic rings. The zero-order valence-corrected chi connectivity index (χ0v) is 15.3. The van der Waals surface area contributed by atoms with Crippen LogP contribution in [0.2, 0.25) is 0 Å². The Balaban J connectivity index is 2.67. The van der Waals surface area contributed by atoms with Crippen molar-refractivity contribution in [3.8, 4) is 0 Å². The summed E-state index contributed by atoms with van der Waals surface area (Å²) in [6.45, 7) is 5.76. The van der Waals surface area contributed by atoms with Crippen LogP contribution in [0.3, 0.4) is 0 Å². The summed E-state index contributed by atoms with van der Waals surface area (Å²) in [6.07, 6.45) is 9.77. The third-order valence-electron chi connectivity index (χ3n) is 4.04. The fraction of sp³-hybridized carbons (Fsp3) is 0.450. The molecule has 0 radical (unpaired) electrons. The number of carboxylic acid groups (broad SMARTS) is 1. The largest absolute Gasteiger partial charge is 0.872 e. The molecule has 6 nitrogen and oxygen atoms in total. The third-order valence-corrected chi connectivity index (χ3v) is 4.04. The molecule has 1 fully saturated rings. The first kappa shape index (κ1) is 21.4. The lowest BCUT2D eigenvalue weighted by atomic mass is 10.0. The Labute approximate surface area is 153 Å². The molecule has 142 valence electrons. The second-order valence-electron chi connectivity index (χ2n) is 6.20. The quantitative estimate of drug-likeness (QED) is 0.152. The first-order chi connectivity index (χ1) is 12.3. The van der Waals surface area contributed by atoms with Gasteiger partial charge in [-0.15, -0.1) is 0 Å². The molecule has 0 N–H and O–H groups in total. The molecule has 1 aliphatic heterocycles. The summed E-state index contributed by atoms with van der Waals surface area (Å²) in [7, 11) is 0. The van der Waals surface area contributed by atoms with Crippen LogP contribution in [0.5, 0.6) is 0 Å². The van der Waals surface area contributed by atoms with E-state index in [1.54, 1.807) is 6.08 Å². The zero-order chi connectivity index (χ0) is 19.7. The van der Waals surface area contributed by atoms with Crippen LogP contribution in [-0.2, 0) is 19.1 Å². The van der Waals surface area contributed by atoms with Crippen LogP contribution in [0.4, 0.5) is 0 Å². The Morgan fingerprint density at radius 3 is 2.54 bits per heavy atom. The average molecular weight is 360 g/mol. The van der Waals surface area contributed by atoms with E-state index >= 15 is 0 Å². The van der Waals surface area contributed by atoms with E-state index in [1.165, 1.54) is 6.92 Å². The Bertz CT molecular complexity index is 666. The van der Waals surface area contributed by atoms with Crippen molar-refractivity contribution in [3.63, 3.8) is 0 Å². The molecule has 0 bridgehead atoms. The summed E-state index contributed by atoms with van der Waals surface area (Å²) in [4.78, 5) is 34.2. The van der Waals surface area contributed by atoms with Gasteiger partial charge in [-0.3, -0.25) is 4.79 Å². The van der Waals surface area contributed by atoms with Crippen molar-refractivity contribution in [2.75, 3.05) is 0 Å². The standard InChI is InChI=1S/C20H26O6/c1-4-13(2)10-8-6-5-7-9-11-14(3)18(23)17-19(24)15(12-16(21)22)26-20(17)25/h5-6,8,10-11,13,15,23H,4,7,9,12H2,1-3H3,(H,21,22)/p-2/b6-5+,10-8+,14-11+,18-17?. The maximum absolute atomic E-state index is 12.3. The number of unbranched alkanes of at least 4 members (excludes halogenated alkanes) is 1. The Morgan fingerprint density at radius 1 is 1.23 bits per heavy atom. The van der Waals surface area contributed by atoms with Crippen molar-refractivity contribution in [3.05, 3.63) is 47.3 Å². The smallest absolute Gasteiger partial charge is 0.342 e. The van der Waals surface area contributed by atoms with Crippen molar-refractivity contribution >= 4 is 17.7 Å². The molecule has 1 aliphatic rings. The summed E-state index contributed by atoms with van der Waals surface area (Å²) in [6, 6.07) is 0. The lowest BCUT2D eigenvalue weighted by Gasteiger charge is -2.14. The van der Waals surface area contributed by atoms with E-state index in [0.717, 1.165) is 6.42 Å². The topological polar surface area (TPSA) is 107 Å². The van der Waals surface area contributed by atoms with Crippen molar-refractivity contribution in [2.24, 2.45) is 5.92 Å². The first-order valence-corrected chi connectivity index (χ1v) is 8.64. The number of ether oxygens (including phenoxy) is 1. The van der Waals surface area contributed by atoms with Gasteiger partial charge < -0.3 is 19.7 Å². The van der Waals surface area contributed by atoms with Crippen LogP contribution in [-0.4, -0.2) is 23.8 Å². The van der Waals surface area contributed by atoms with Crippen molar-refractivity contribution in [1.29, 1.82) is 0 Å². The number of allylic oxidation sites excluding steroid dienone is 6. The van der Waals surface area contributed by atoms with Gasteiger partial charge in [0, 0.05) is 12.4 Å². The van der Waals surface area contributed by atoms with Gasteiger partial charge >= 0.3 is 5.97 Å². The molecule has 1 rings (SSSR count). The van der Waals surface area contributed by atoms with E-state index in [-0.39, 0.29) is 5.57 Å². The summed E-state index contributed by atoms with van der Waals surface area (Å²) < 4.78 is 4.65. The van der Waals surface area contributed by atoms with Gasteiger partial charge in [0.15, 0.2) is 6.10 Å². The number of hydrogen-bond donors (Lipinski definition) is 0. The first-order valence-electron chi connectivity index (χ1n) is 8.64.